The Balaban J connectivity index is 1.40. The maximum atomic E-state index is 14.1. The van der Waals surface area contributed by atoms with Gasteiger partial charge >= 0.3 is 0 Å². The van der Waals surface area contributed by atoms with Gasteiger partial charge < -0.3 is 20.4 Å². The van der Waals surface area contributed by atoms with Crippen molar-refractivity contribution in [2.45, 2.75) is 25.0 Å². The summed E-state index contributed by atoms with van der Waals surface area (Å²) in [7, 11) is -2.23. The molecule has 1 amide bonds. The lowest BCUT2D eigenvalue weighted by Crippen LogP contribution is -2.45. The number of carbonyl (C=O) groups is 1. The second-order valence-electron chi connectivity index (χ2n) is 11.6. The Morgan fingerprint density at radius 3 is 2.23 bits per heavy atom. The summed E-state index contributed by atoms with van der Waals surface area (Å²) < 4.78 is 59.0. The van der Waals surface area contributed by atoms with Crippen molar-refractivity contribution in [2.24, 2.45) is 5.73 Å². The number of aromatic nitrogens is 2. The van der Waals surface area contributed by atoms with Crippen LogP contribution in [0.15, 0.2) is 84.8 Å². The van der Waals surface area contributed by atoms with Gasteiger partial charge in [0.25, 0.3) is 0 Å². The highest BCUT2D eigenvalue weighted by molar-refractivity contribution is 8.00. The first kappa shape index (κ1) is 34.4. The average molecular weight is 684 g/mol. The third kappa shape index (κ3) is 8.51. The SMILES string of the molecule is COCCN(Cc1ccc([C@@H](c2ccc(Cl)cc2)N2CC(=C(c3cc(F)cc(F)c3)S(C)(=O)=O)C2)cc1)C(=O)[C@@H](N)Cc1c[nH]cn1. The van der Waals surface area contributed by atoms with Crippen LogP contribution in [0.5, 0.6) is 0 Å². The molecule has 2 heterocycles. The zero-order valence-electron chi connectivity index (χ0n) is 26.0. The number of H-pyrrole nitrogens is 1. The third-order valence-corrected chi connectivity index (χ3v) is 9.52. The van der Waals surface area contributed by atoms with Crippen LogP contribution in [-0.4, -0.2) is 79.7 Å². The zero-order valence-corrected chi connectivity index (χ0v) is 27.6. The minimum Gasteiger partial charge on any atom is -0.383 e. The van der Waals surface area contributed by atoms with E-state index in [4.69, 9.17) is 22.1 Å². The number of likely N-dealkylation sites (tertiary alicyclic amines) is 1. The summed E-state index contributed by atoms with van der Waals surface area (Å²) in [4.78, 5) is 24.0. The number of methoxy groups -OCH3 is 1. The summed E-state index contributed by atoms with van der Waals surface area (Å²) >= 11 is 6.19. The van der Waals surface area contributed by atoms with Gasteiger partial charge in [-0.05, 0) is 52.1 Å². The van der Waals surface area contributed by atoms with Crippen LogP contribution in [0.3, 0.4) is 0 Å². The normalized spacial score (nSPS) is 14.8. The topological polar surface area (TPSA) is 122 Å². The van der Waals surface area contributed by atoms with Crippen LogP contribution in [-0.2, 0) is 32.3 Å². The van der Waals surface area contributed by atoms with Gasteiger partial charge in [0.05, 0.1) is 35.6 Å². The van der Waals surface area contributed by atoms with Gasteiger partial charge in [-0.2, -0.15) is 0 Å². The number of nitrogens with zero attached hydrogens (tertiary/aromatic N) is 3. The van der Waals surface area contributed by atoms with E-state index >= 15 is 0 Å². The second-order valence-corrected chi connectivity index (χ2v) is 14.0. The Bertz CT molecular complexity index is 1810. The maximum Gasteiger partial charge on any atom is 0.240 e. The number of ether oxygens (including phenoxy) is 1. The van der Waals surface area contributed by atoms with Gasteiger partial charge in [-0.3, -0.25) is 9.69 Å². The number of amides is 1. The van der Waals surface area contributed by atoms with E-state index < -0.39 is 27.5 Å². The molecular formula is C34H36ClF2N5O4S. The summed E-state index contributed by atoms with van der Waals surface area (Å²) in [6.45, 7) is 1.56. The number of nitrogens with two attached hydrogens (primary N) is 1. The van der Waals surface area contributed by atoms with Crippen LogP contribution in [0.4, 0.5) is 8.78 Å². The van der Waals surface area contributed by atoms with E-state index in [1.807, 2.05) is 36.4 Å². The highest BCUT2D eigenvalue weighted by Crippen LogP contribution is 2.39. The molecule has 1 aromatic heterocycles. The van der Waals surface area contributed by atoms with Crippen molar-refractivity contribution < 1.29 is 26.7 Å². The molecule has 2 atom stereocenters. The molecule has 1 saturated heterocycles. The molecule has 0 unspecified atom stereocenters. The number of imidazole rings is 1. The van der Waals surface area contributed by atoms with Crippen LogP contribution >= 0.6 is 11.6 Å². The largest absolute Gasteiger partial charge is 0.383 e. The quantitative estimate of drug-likeness (QED) is 0.209. The first-order valence-corrected chi connectivity index (χ1v) is 17.2. The molecule has 0 radical (unpaired) electrons. The monoisotopic (exact) mass is 683 g/mol. The fourth-order valence-electron chi connectivity index (χ4n) is 5.84. The van der Waals surface area contributed by atoms with Crippen molar-refractivity contribution in [1.82, 2.24) is 19.8 Å². The minimum atomic E-state index is -3.80. The number of halogens is 3. The molecule has 47 heavy (non-hydrogen) atoms. The van der Waals surface area contributed by atoms with Gasteiger partial charge in [0.15, 0.2) is 9.84 Å². The first-order valence-electron chi connectivity index (χ1n) is 14.9. The predicted octanol–water partition coefficient (Wildman–Crippen LogP) is 4.75. The molecule has 0 aliphatic carbocycles. The molecule has 3 N–H and O–H groups in total. The molecule has 0 spiro atoms. The molecule has 1 aliphatic rings. The second kappa shape index (κ2) is 14.9. The fourth-order valence-corrected chi connectivity index (χ4v) is 7.16. The third-order valence-electron chi connectivity index (χ3n) is 8.00. The van der Waals surface area contributed by atoms with E-state index in [-0.39, 0.29) is 35.5 Å². The van der Waals surface area contributed by atoms with Crippen LogP contribution in [0.25, 0.3) is 4.91 Å². The highest BCUT2D eigenvalue weighted by Gasteiger charge is 2.35. The van der Waals surface area contributed by atoms with E-state index in [9.17, 15) is 22.0 Å². The molecule has 1 fully saturated rings. The molecule has 248 valence electrons. The van der Waals surface area contributed by atoms with Crippen molar-refractivity contribution in [2.75, 3.05) is 39.6 Å². The van der Waals surface area contributed by atoms with Crippen LogP contribution in [0.1, 0.15) is 34.0 Å². The molecule has 0 bridgehead atoms. The Morgan fingerprint density at radius 1 is 1.06 bits per heavy atom. The Kier molecular flexibility index (Phi) is 10.9. The van der Waals surface area contributed by atoms with Gasteiger partial charge in [-0.15, -0.1) is 0 Å². The zero-order chi connectivity index (χ0) is 33.7. The van der Waals surface area contributed by atoms with E-state index in [1.165, 1.54) is 0 Å². The van der Waals surface area contributed by atoms with Crippen LogP contribution in [0.2, 0.25) is 5.02 Å². The Labute approximate surface area is 277 Å². The molecule has 13 heteroatoms. The van der Waals surface area contributed by atoms with Gasteiger partial charge in [0.1, 0.15) is 11.6 Å². The van der Waals surface area contributed by atoms with E-state index in [0.29, 0.717) is 48.5 Å². The first-order chi connectivity index (χ1) is 22.4. The number of hydrogen-bond acceptors (Lipinski definition) is 7. The predicted molar refractivity (Wildman–Crippen MR) is 177 cm³/mol. The Morgan fingerprint density at radius 2 is 1.68 bits per heavy atom. The average Bonchev–Trinajstić information content (AvgIpc) is 3.51. The number of hydrogen-bond donors (Lipinski definition) is 2. The molecule has 0 saturated carbocycles. The van der Waals surface area contributed by atoms with Crippen molar-refractivity contribution in [3.63, 3.8) is 0 Å². The number of sulfone groups is 1. The van der Waals surface area contributed by atoms with E-state index in [1.54, 1.807) is 36.7 Å². The highest BCUT2D eigenvalue weighted by atomic mass is 35.5. The Hall–Kier alpha value is -3.94. The van der Waals surface area contributed by atoms with Crippen molar-refractivity contribution in [1.29, 1.82) is 0 Å². The summed E-state index contributed by atoms with van der Waals surface area (Å²) in [5.41, 5.74) is 10.3. The van der Waals surface area contributed by atoms with Crippen LogP contribution < -0.4 is 5.73 Å². The fraction of sp³-hybridized carbons (Fsp3) is 0.294. The lowest BCUT2D eigenvalue weighted by Gasteiger charge is -2.42. The maximum absolute atomic E-state index is 14.1. The van der Waals surface area contributed by atoms with Gasteiger partial charge in [-0.25, -0.2) is 22.2 Å². The summed E-state index contributed by atoms with van der Waals surface area (Å²) in [6.07, 6.45) is 4.60. The van der Waals surface area contributed by atoms with Crippen LogP contribution in [0, 0.1) is 11.6 Å². The summed E-state index contributed by atoms with van der Waals surface area (Å²) in [5.74, 6) is -1.91. The molecule has 9 nitrogen and oxygen atoms in total. The molecular weight excluding hydrogens is 648 g/mol. The van der Waals surface area contributed by atoms with Crippen molar-refractivity contribution in [3.8, 4) is 0 Å². The molecule has 1 aliphatic heterocycles. The van der Waals surface area contributed by atoms with E-state index in [2.05, 4.69) is 14.9 Å². The van der Waals surface area contributed by atoms with Gasteiger partial charge in [0, 0.05) is 63.3 Å². The van der Waals surface area contributed by atoms with Gasteiger partial charge in [0.2, 0.25) is 5.91 Å². The standard InChI is InChI=1S/C34H36ClF2N5O4S/c1-46-12-11-41(34(43)31(38)16-30-17-39-21-40-30)18-22-3-5-23(6-4-22)32(24-7-9-27(35)10-8-24)42-19-26(20-42)33(47(2,44)45)25-13-28(36)15-29(37)14-25/h3-10,13-15,17,21,31-32H,11-12,16,18-20,38H2,1-2H3,(H,39,40)/t31-,32-/m0/s1. The lowest BCUT2D eigenvalue weighted by atomic mass is 9.91. The molecule has 4 aromatic rings. The van der Waals surface area contributed by atoms with Gasteiger partial charge in [-0.1, -0.05) is 48.0 Å². The number of benzene rings is 3. The summed E-state index contributed by atoms with van der Waals surface area (Å²) in [6, 6.07) is 17.0. The lowest BCUT2D eigenvalue weighted by molar-refractivity contribution is -0.133. The summed E-state index contributed by atoms with van der Waals surface area (Å²) in [5, 5.41) is 0.575. The number of rotatable bonds is 13. The van der Waals surface area contributed by atoms with Crippen molar-refractivity contribution >= 4 is 32.3 Å². The van der Waals surface area contributed by atoms with E-state index in [0.717, 1.165) is 35.1 Å². The number of aromatic amines is 1. The number of carbonyl (C=O) groups excluding carboxylic acids is 1. The molecule has 3 aromatic carbocycles. The smallest absolute Gasteiger partial charge is 0.240 e. The number of nitrogens with one attached hydrogen (secondary N) is 1. The molecule has 5 rings (SSSR count). The van der Waals surface area contributed by atoms with Crippen molar-refractivity contribution in [3.05, 3.63) is 129 Å². The minimum absolute atomic E-state index is 0.0105.